The lowest BCUT2D eigenvalue weighted by atomic mass is 9.90. The Morgan fingerprint density at radius 3 is 0.940 bits per heavy atom. The summed E-state index contributed by atoms with van der Waals surface area (Å²) in [5.41, 5.74) is 34.3. The van der Waals surface area contributed by atoms with Gasteiger partial charge in [-0.15, -0.1) is 22.7 Å². The van der Waals surface area contributed by atoms with Crippen LogP contribution >= 0.6 is 22.7 Å². The molecule has 28 rings (SSSR count). The van der Waals surface area contributed by atoms with Crippen molar-refractivity contribution in [2.75, 3.05) is 0 Å². The van der Waals surface area contributed by atoms with Crippen molar-refractivity contribution in [1.29, 1.82) is 0 Å². The Kier molecular flexibility index (Phi) is 17.2. The summed E-state index contributed by atoms with van der Waals surface area (Å²) in [4.78, 5) is 11.7. The molecule has 0 saturated carbocycles. The van der Waals surface area contributed by atoms with E-state index >= 15 is 0 Å². The van der Waals surface area contributed by atoms with E-state index in [4.69, 9.17) is 9.97 Å². The monoisotopic (exact) mass is 1730 g/mol. The van der Waals surface area contributed by atoms with Gasteiger partial charge in [0.1, 0.15) is 0 Å². The normalized spacial score (nSPS) is 12.0. The van der Waals surface area contributed by atoms with E-state index in [1.165, 1.54) is 200 Å². The molecule has 0 radical (unpaired) electrons. The maximum atomic E-state index is 5.88. The third-order valence-electron chi connectivity index (χ3n) is 28.3. The molecule has 22 aromatic carbocycles. The fraction of sp³-hybridized carbons (Fsp3) is 0. The summed E-state index contributed by atoms with van der Waals surface area (Å²) >= 11 is 3.70. The molecule has 0 N–H and O–H groups in total. The average molecular weight is 1730 g/mol. The number of hydrogen-bond acceptors (Lipinski definition) is 4. The van der Waals surface area contributed by atoms with E-state index in [1.54, 1.807) is 0 Å². The highest BCUT2D eigenvalue weighted by Crippen LogP contribution is 2.50. The van der Waals surface area contributed by atoms with Crippen molar-refractivity contribution >= 4 is 172 Å². The van der Waals surface area contributed by atoms with Gasteiger partial charge < -0.3 is 0 Å². The van der Waals surface area contributed by atoms with E-state index in [9.17, 15) is 0 Å². The van der Waals surface area contributed by atoms with Crippen LogP contribution < -0.4 is 0 Å². The second kappa shape index (κ2) is 30.3. The first-order valence-electron chi connectivity index (χ1n) is 45.9. The maximum Gasteiger partial charge on any atom is 0.156 e. The van der Waals surface area contributed by atoms with Crippen LogP contribution in [0.5, 0.6) is 0 Å². The van der Waals surface area contributed by atoms with Gasteiger partial charge in [-0.05, 0) is 272 Å². The summed E-state index contributed by atoms with van der Waals surface area (Å²) in [5, 5.41) is 21.6. The van der Waals surface area contributed by atoms with Gasteiger partial charge >= 0.3 is 0 Å². The number of hydrogen-bond donors (Lipinski definition) is 0. The maximum absolute atomic E-state index is 5.88. The molecule has 6 aromatic heterocycles. The molecule has 0 atom stereocenters. The number of aromatic nitrogens is 4. The highest BCUT2D eigenvalue weighted by molar-refractivity contribution is 7.27. The van der Waals surface area contributed by atoms with Gasteiger partial charge in [0.25, 0.3) is 0 Å². The Bertz CT molecular complexity index is 9640. The van der Waals surface area contributed by atoms with Crippen molar-refractivity contribution in [2.24, 2.45) is 0 Å². The number of rotatable bonds is 12. The topological polar surface area (TPSA) is 34.6 Å². The molecule has 0 amide bonds. The first-order chi connectivity index (χ1) is 66.4. The highest BCUT2D eigenvalue weighted by Gasteiger charge is 2.26. The molecular formula is C128H76N4S2. The highest BCUT2D eigenvalue weighted by atomic mass is 32.1. The Labute approximate surface area is 779 Å². The zero-order chi connectivity index (χ0) is 87.7. The molecule has 134 heavy (non-hydrogen) atoms. The summed E-state index contributed by atoms with van der Waals surface area (Å²) in [6.07, 6.45) is 0. The Balaban J connectivity index is 0.545. The number of benzene rings is 22. The molecule has 0 aliphatic rings. The van der Waals surface area contributed by atoms with Crippen LogP contribution in [0.15, 0.2) is 461 Å². The molecule has 0 fully saturated rings. The molecule has 6 heteroatoms. The van der Waals surface area contributed by atoms with E-state index in [2.05, 4.69) is 470 Å². The quantitative estimate of drug-likeness (QED) is 0.114. The Morgan fingerprint density at radius 1 is 0.157 bits per heavy atom. The van der Waals surface area contributed by atoms with Gasteiger partial charge in [0.15, 0.2) is 11.3 Å². The van der Waals surface area contributed by atoms with Crippen LogP contribution in [0.4, 0.5) is 0 Å². The van der Waals surface area contributed by atoms with E-state index in [-0.39, 0.29) is 0 Å². The van der Waals surface area contributed by atoms with E-state index < -0.39 is 0 Å². The molecule has 0 aliphatic carbocycles. The van der Waals surface area contributed by atoms with Crippen LogP contribution in [0.2, 0.25) is 0 Å². The zero-order valence-corrected chi connectivity index (χ0v) is 74.1. The predicted molar refractivity (Wildman–Crippen MR) is 573 cm³/mol. The number of nitrogens with zero attached hydrogens (tertiary/aromatic N) is 4. The number of thiophene rings is 2. The van der Waals surface area contributed by atoms with E-state index in [0.29, 0.717) is 0 Å². The summed E-state index contributed by atoms with van der Waals surface area (Å²) in [6.45, 7) is 0. The van der Waals surface area contributed by atoms with E-state index in [0.717, 1.165) is 83.3 Å². The summed E-state index contributed by atoms with van der Waals surface area (Å²) in [5.74, 6) is 0. The smallest absolute Gasteiger partial charge is 0.156 e. The van der Waals surface area contributed by atoms with Crippen LogP contribution in [0, 0.1) is 0 Å². The van der Waals surface area contributed by atoms with Crippen molar-refractivity contribution in [1.82, 2.24) is 18.8 Å². The fourth-order valence-electron chi connectivity index (χ4n) is 21.7. The first-order valence-corrected chi connectivity index (χ1v) is 47.6. The molecule has 0 saturated heterocycles. The van der Waals surface area contributed by atoms with Crippen molar-refractivity contribution in [3.63, 3.8) is 0 Å². The first kappa shape index (κ1) is 75.9. The van der Waals surface area contributed by atoms with Gasteiger partial charge in [0.2, 0.25) is 0 Å². The van der Waals surface area contributed by atoms with Crippen LogP contribution in [-0.2, 0) is 0 Å². The van der Waals surface area contributed by atoms with Crippen LogP contribution in [-0.4, -0.2) is 18.8 Å². The minimum absolute atomic E-state index is 0.963. The molecular weight excluding hydrogens is 1660 g/mol. The van der Waals surface area contributed by atoms with Gasteiger partial charge in [0, 0.05) is 41.7 Å². The average Bonchev–Trinajstić information content (AvgIpc) is 1.55. The minimum atomic E-state index is 0.963. The second-order valence-electron chi connectivity index (χ2n) is 35.7. The minimum Gasteiger partial charge on any atom is -0.291 e. The van der Waals surface area contributed by atoms with Crippen LogP contribution in [0.1, 0.15) is 0 Å². The molecule has 620 valence electrons. The van der Waals surface area contributed by atoms with Crippen molar-refractivity contribution in [2.45, 2.75) is 0 Å². The van der Waals surface area contributed by atoms with Gasteiger partial charge in [-0.1, -0.05) is 376 Å². The van der Waals surface area contributed by atoms with Crippen LogP contribution in [0.25, 0.3) is 283 Å². The third kappa shape index (κ3) is 12.3. The molecule has 0 unspecified atom stereocenters. The Hall–Kier alpha value is -17.0. The summed E-state index contributed by atoms with van der Waals surface area (Å²) in [6, 6.07) is 171. The lowest BCUT2D eigenvalue weighted by Crippen LogP contribution is -1.93. The predicted octanol–water partition coefficient (Wildman–Crippen LogP) is 36.1. The van der Waals surface area contributed by atoms with Gasteiger partial charge in [0.05, 0.1) is 42.9 Å². The standard InChI is InChI=1S/C128H76N4S2/c1-5-21-77(22-6-1)93-65-94(78-23-7-2-8-24-78)68-97(67-93)83-41-39-81(40-42-83)82-45-51-88(52-46-82)120-76-116-114-74-112-92(73-122(114)134-126(116)128-129-123-110-56-55-85-29-15-16-33-99(85)107(110)61-63-117(123)131(120)128)32-19-36-106(112)104-37-20-38-105-108(104)59-60-111-109(105)62-64-118-124(111)130-127-125-115(113-71-90-30-13-14-31-91(90)72-121(113)133-125)75-119(132(118)127)89-53-49-87(50-54-89)101-58-57-100(102-34-17-18-35-103(101)102)86-47-43-84(44-48-86)98-69-95(79-25-9-3-10-26-79)66-96(70-98)80-27-11-4-12-28-80/h1-76H. The zero-order valence-electron chi connectivity index (χ0n) is 72.5. The van der Waals surface area contributed by atoms with Crippen molar-refractivity contribution < 1.29 is 0 Å². The van der Waals surface area contributed by atoms with Crippen molar-refractivity contribution in [3.05, 3.63) is 461 Å². The SMILES string of the molecule is c1ccc(-c2cc(-c3ccccc3)cc(-c3ccc(-c4ccc(-c5cc6c7cc8c(-c9cccc%10c9ccc9c%10ccc%10c9nc9c%11sc%12cc%13ccccc%13cc%12c%11cc(-c%11ccc(-c%12ccc(-c%13ccc(-c%14cc(-c%15ccccc%15)cc(-c%15ccccc%15)c%14)cc%13)c%13ccccc%12%13)cc%11)n%109)cccc8cc7sc6c6nc7c8ccc9ccccc9c8ccc7n56)cc4)cc3)c2)cc1. The largest absolute Gasteiger partial charge is 0.291 e. The molecule has 4 nitrogen and oxygen atoms in total. The lowest BCUT2D eigenvalue weighted by Gasteiger charge is -2.14. The Morgan fingerprint density at radius 2 is 0.470 bits per heavy atom. The second-order valence-corrected chi connectivity index (χ2v) is 37.9. The molecule has 0 aliphatic heterocycles. The van der Waals surface area contributed by atoms with E-state index in [1.807, 2.05) is 22.7 Å². The molecule has 28 aromatic rings. The number of imidazole rings is 2. The van der Waals surface area contributed by atoms with Crippen LogP contribution in [0.3, 0.4) is 0 Å². The van der Waals surface area contributed by atoms with Gasteiger partial charge in [-0.3, -0.25) is 8.80 Å². The summed E-state index contributed by atoms with van der Waals surface area (Å²) < 4.78 is 9.70. The van der Waals surface area contributed by atoms with Gasteiger partial charge in [-0.2, -0.15) is 0 Å². The number of pyridine rings is 2. The van der Waals surface area contributed by atoms with Crippen molar-refractivity contribution in [3.8, 4) is 134 Å². The number of fused-ring (bicyclic) bond motifs is 25. The van der Waals surface area contributed by atoms with Gasteiger partial charge in [-0.25, -0.2) is 9.97 Å². The summed E-state index contributed by atoms with van der Waals surface area (Å²) in [7, 11) is 0. The fourth-order valence-corrected chi connectivity index (χ4v) is 24.1. The molecule has 6 heterocycles. The third-order valence-corrected chi connectivity index (χ3v) is 30.6. The molecule has 0 spiro atoms. The molecule has 0 bridgehead atoms. The lowest BCUT2D eigenvalue weighted by molar-refractivity contribution is 1.25.